The van der Waals surface area contributed by atoms with Crippen LogP contribution in [0.3, 0.4) is 0 Å². The average Bonchev–Trinajstić information content (AvgIpc) is 2.90. The molecule has 2 amide bonds. The number of benzene rings is 3. The highest BCUT2D eigenvalue weighted by Crippen LogP contribution is 2.27. The fourth-order valence-corrected chi connectivity index (χ4v) is 5.91. The fourth-order valence-electron chi connectivity index (χ4n) is 4.06. The van der Waals surface area contributed by atoms with E-state index in [1.54, 1.807) is 43.3 Å². The number of carbonyl (C=O) groups excluding carboxylic acids is 2. The van der Waals surface area contributed by atoms with Gasteiger partial charge in [0.1, 0.15) is 12.6 Å². The first-order valence-corrected chi connectivity index (χ1v) is 15.2. The molecule has 0 heterocycles. The lowest BCUT2D eigenvalue weighted by molar-refractivity contribution is -0.139. The summed E-state index contributed by atoms with van der Waals surface area (Å²) in [6.45, 7) is 9.51. The number of sulfonamides is 1. The van der Waals surface area contributed by atoms with Crippen molar-refractivity contribution in [1.82, 2.24) is 10.2 Å². The monoisotopic (exact) mass is 613 g/mol. The van der Waals surface area contributed by atoms with Crippen molar-refractivity contribution >= 4 is 43.5 Å². The molecule has 1 N–H and O–H groups in total. The van der Waals surface area contributed by atoms with Crippen LogP contribution in [0.25, 0.3) is 0 Å². The van der Waals surface area contributed by atoms with Gasteiger partial charge in [0.25, 0.3) is 10.0 Å². The number of nitrogens with one attached hydrogen (secondary N) is 1. The number of rotatable bonds is 11. The second kappa shape index (κ2) is 13.3. The fraction of sp³-hybridized carbons (Fsp3) is 0.333. The van der Waals surface area contributed by atoms with Gasteiger partial charge in [-0.2, -0.15) is 0 Å². The quantitative estimate of drug-likeness (QED) is 0.309. The summed E-state index contributed by atoms with van der Waals surface area (Å²) in [5.41, 5.74) is 4.04. The molecule has 0 bridgehead atoms. The second-order valence-corrected chi connectivity index (χ2v) is 12.5. The Labute approximate surface area is 240 Å². The first-order chi connectivity index (χ1) is 18.4. The van der Waals surface area contributed by atoms with Gasteiger partial charge in [0.15, 0.2) is 0 Å². The lowest BCUT2D eigenvalue weighted by Crippen LogP contribution is -2.51. The second-order valence-electron chi connectivity index (χ2n) is 9.71. The maximum atomic E-state index is 13.9. The van der Waals surface area contributed by atoms with E-state index in [0.29, 0.717) is 12.2 Å². The van der Waals surface area contributed by atoms with Crippen molar-refractivity contribution in [2.75, 3.05) is 17.4 Å². The van der Waals surface area contributed by atoms with E-state index in [0.717, 1.165) is 37.5 Å². The summed E-state index contributed by atoms with van der Waals surface area (Å²) in [6, 6.07) is 18.5. The smallest absolute Gasteiger partial charge is 0.264 e. The molecule has 208 valence electrons. The number of nitrogens with zero attached hydrogens (tertiary/aromatic N) is 2. The topological polar surface area (TPSA) is 86.8 Å². The van der Waals surface area contributed by atoms with E-state index < -0.39 is 28.5 Å². The summed E-state index contributed by atoms with van der Waals surface area (Å²) in [4.78, 5) is 28.4. The maximum Gasteiger partial charge on any atom is 0.264 e. The predicted octanol–water partition coefficient (Wildman–Crippen LogP) is 5.51. The van der Waals surface area contributed by atoms with E-state index in [1.165, 1.54) is 4.90 Å². The van der Waals surface area contributed by atoms with Gasteiger partial charge in [-0.1, -0.05) is 58.7 Å². The van der Waals surface area contributed by atoms with Gasteiger partial charge in [-0.15, -0.1) is 0 Å². The molecular weight excluding hydrogens is 578 g/mol. The first kappa shape index (κ1) is 30.4. The van der Waals surface area contributed by atoms with E-state index in [1.807, 2.05) is 58.0 Å². The molecule has 1 atom stereocenters. The van der Waals surface area contributed by atoms with Crippen molar-refractivity contribution in [3.8, 4) is 0 Å². The van der Waals surface area contributed by atoms with Gasteiger partial charge in [0.05, 0.1) is 10.6 Å². The maximum absolute atomic E-state index is 13.9. The van der Waals surface area contributed by atoms with E-state index >= 15 is 0 Å². The van der Waals surface area contributed by atoms with Gasteiger partial charge in [0.2, 0.25) is 11.8 Å². The van der Waals surface area contributed by atoms with Gasteiger partial charge in [-0.3, -0.25) is 13.9 Å². The largest absolute Gasteiger partial charge is 0.354 e. The van der Waals surface area contributed by atoms with Crippen molar-refractivity contribution in [2.45, 2.75) is 58.5 Å². The summed E-state index contributed by atoms with van der Waals surface area (Å²) in [6.07, 6.45) is 0.757. The SMILES string of the molecule is CCCNC(=O)[C@H](C)N(Cc1cccc(Br)c1)C(=O)CN(c1ccc(C)c(C)c1)S(=O)(=O)c1ccc(C)cc1. The summed E-state index contributed by atoms with van der Waals surface area (Å²) in [5, 5.41) is 2.85. The zero-order valence-electron chi connectivity index (χ0n) is 23.1. The molecule has 0 radical (unpaired) electrons. The highest BCUT2D eigenvalue weighted by atomic mass is 79.9. The molecule has 0 aliphatic carbocycles. The zero-order valence-corrected chi connectivity index (χ0v) is 25.5. The van der Waals surface area contributed by atoms with Crippen LogP contribution >= 0.6 is 15.9 Å². The molecule has 0 saturated heterocycles. The van der Waals surface area contributed by atoms with Crippen LogP contribution in [0, 0.1) is 20.8 Å². The van der Waals surface area contributed by atoms with Crippen molar-refractivity contribution in [1.29, 1.82) is 0 Å². The van der Waals surface area contributed by atoms with E-state index in [9.17, 15) is 18.0 Å². The molecule has 0 saturated carbocycles. The number of halogens is 1. The minimum Gasteiger partial charge on any atom is -0.354 e. The summed E-state index contributed by atoms with van der Waals surface area (Å²) >= 11 is 3.46. The van der Waals surface area contributed by atoms with Crippen molar-refractivity contribution in [3.63, 3.8) is 0 Å². The van der Waals surface area contributed by atoms with Crippen LogP contribution < -0.4 is 9.62 Å². The van der Waals surface area contributed by atoms with Crippen LogP contribution in [0.5, 0.6) is 0 Å². The van der Waals surface area contributed by atoms with Crippen LogP contribution in [0.1, 0.15) is 42.5 Å². The molecule has 0 fully saturated rings. The van der Waals surface area contributed by atoms with E-state index in [-0.39, 0.29) is 17.3 Å². The molecule has 0 unspecified atom stereocenters. The third-order valence-electron chi connectivity index (χ3n) is 6.62. The average molecular weight is 615 g/mol. The van der Waals surface area contributed by atoms with Crippen LogP contribution in [-0.4, -0.2) is 44.3 Å². The Morgan fingerprint density at radius 3 is 2.26 bits per heavy atom. The van der Waals surface area contributed by atoms with Gasteiger partial charge in [-0.05, 0) is 87.2 Å². The number of anilines is 1. The van der Waals surface area contributed by atoms with Crippen molar-refractivity contribution in [3.05, 3.63) is 93.5 Å². The summed E-state index contributed by atoms with van der Waals surface area (Å²) in [5.74, 6) is -0.776. The van der Waals surface area contributed by atoms with Gasteiger partial charge in [-0.25, -0.2) is 8.42 Å². The number of aryl methyl sites for hydroxylation is 3. The highest BCUT2D eigenvalue weighted by molar-refractivity contribution is 9.10. The number of hydrogen-bond acceptors (Lipinski definition) is 4. The van der Waals surface area contributed by atoms with Crippen LogP contribution in [0.4, 0.5) is 5.69 Å². The Morgan fingerprint density at radius 1 is 0.949 bits per heavy atom. The summed E-state index contributed by atoms with van der Waals surface area (Å²) in [7, 11) is -4.09. The standard InChI is InChI=1S/C30H36BrN3O4S/c1-6-16-32-30(36)24(5)33(19-25-8-7-9-26(31)18-25)29(35)20-34(27-13-12-22(3)23(4)17-27)39(37,38)28-14-10-21(2)11-15-28/h7-15,17-18,24H,6,16,19-20H2,1-5H3,(H,32,36)/t24-/m0/s1. The molecular formula is C30H36BrN3O4S. The van der Waals surface area contributed by atoms with Crippen LogP contribution in [0.2, 0.25) is 0 Å². The molecule has 0 aliphatic heterocycles. The van der Waals surface area contributed by atoms with Crippen molar-refractivity contribution in [2.24, 2.45) is 0 Å². The molecule has 3 rings (SSSR count). The van der Waals surface area contributed by atoms with E-state index in [2.05, 4.69) is 21.2 Å². The Morgan fingerprint density at radius 2 is 1.64 bits per heavy atom. The molecule has 0 aliphatic rings. The Bertz CT molecular complexity index is 1420. The van der Waals surface area contributed by atoms with Crippen LogP contribution in [0.15, 0.2) is 76.1 Å². The predicted molar refractivity (Wildman–Crippen MR) is 159 cm³/mol. The highest BCUT2D eigenvalue weighted by Gasteiger charge is 2.32. The lowest BCUT2D eigenvalue weighted by Gasteiger charge is -2.32. The number of carbonyl (C=O) groups is 2. The third-order valence-corrected chi connectivity index (χ3v) is 8.91. The molecule has 9 heteroatoms. The molecule has 3 aromatic rings. The Kier molecular flexibility index (Phi) is 10.3. The molecule has 39 heavy (non-hydrogen) atoms. The normalized spacial score (nSPS) is 12.1. The third kappa shape index (κ3) is 7.70. The van der Waals surface area contributed by atoms with Crippen molar-refractivity contribution < 1.29 is 18.0 Å². The summed E-state index contributed by atoms with van der Waals surface area (Å²) < 4.78 is 29.8. The van der Waals surface area contributed by atoms with Crippen LogP contribution in [-0.2, 0) is 26.2 Å². The minimum atomic E-state index is -4.09. The van der Waals surface area contributed by atoms with Gasteiger partial charge < -0.3 is 10.2 Å². The number of hydrogen-bond donors (Lipinski definition) is 1. The van der Waals surface area contributed by atoms with E-state index in [4.69, 9.17) is 0 Å². The molecule has 7 nitrogen and oxygen atoms in total. The molecule has 3 aromatic carbocycles. The Hall–Kier alpha value is -3.17. The molecule has 0 aromatic heterocycles. The minimum absolute atomic E-state index is 0.0893. The molecule has 0 spiro atoms. The van der Waals surface area contributed by atoms with Gasteiger partial charge >= 0.3 is 0 Å². The Balaban J connectivity index is 2.04. The zero-order chi connectivity index (χ0) is 28.7. The number of amides is 2. The lowest BCUT2D eigenvalue weighted by atomic mass is 10.1. The van der Waals surface area contributed by atoms with Gasteiger partial charge in [0, 0.05) is 17.6 Å². The first-order valence-electron chi connectivity index (χ1n) is 12.9.